The van der Waals surface area contributed by atoms with Crippen LogP contribution in [0.3, 0.4) is 0 Å². The molecule has 0 bridgehead atoms. The number of hydrogen-bond acceptors (Lipinski definition) is 1. The van der Waals surface area contributed by atoms with Gasteiger partial charge in [-0.2, -0.15) is 0 Å². The van der Waals surface area contributed by atoms with E-state index < -0.39 is 0 Å². The van der Waals surface area contributed by atoms with Crippen LogP contribution in [0.4, 0.5) is 0 Å². The van der Waals surface area contributed by atoms with Gasteiger partial charge in [0, 0.05) is 5.70 Å². The molecule has 0 amide bonds. The summed E-state index contributed by atoms with van der Waals surface area (Å²) in [5, 5.41) is 0. The van der Waals surface area contributed by atoms with Crippen LogP contribution >= 0.6 is 0 Å². The van der Waals surface area contributed by atoms with Crippen molar-refractivity contribution in [3.63, 3.8) is 0 Å². The standard InChI is InChI=1S/C7H11N/c1-5-3-4-7(8)6(5)2/h3-5H,8H2,1-2H3. The number of nitrogens with two attached hydrogens (primary N) is 1. The average Bonchev–Trinajstić information content (AvgIpc) is 1.98. The molecule has 0 saturated heterocycles. The van der Waals surface area contributed by atoms with Crippen molar-refractivity contribution in [2.45, 2.75) is 13.8 Å². The lowest BCUT2D eigenvalue weighted by atomic mass is 10.1. The monoisotopic (exact) mass is 109 g/mol. The fourth-order valence-electron chi connectivity index (χ4n) is 0.787. The molecule has 1 unspecified atom stereocenters. The average molecular weight is 109 g/mol. The fourth-order valence-corrected chi connectivity index (χ4v) is 0.787. The van der Waals surface area contributed by atoms with Crippen LogP contribution in [0, 0.1) is 5.92 Å². The molecule has 8 heavy (non-hydrogen) atoms. The molecule has 0 aromatic heterocycles. The minimum Gasteiger partial charge on any atom is -0.399 e. The smallest absolute Gasteiger partial charge is 0.0305 e. The molecule has 0 aromatic carbocycles. The lowest BCUT2D eigenvalue weighted by molar-refractivity contribution is 0.874. The molecule has 2 N–H and O–H groups in total. The van der Waals surface area contributed by atoms with Crippen molar-refractivity contribution < 1.29 is 0 Å². The number of hydrogen-bond donors (Lipinski definition) is 1. The Bertz CT molecular complexity index is 154. The van der Waals surface area contributed by atoms with E-state index in [-0.39, 0.29) is 0 Å². The highest BCUT2D eigenvalue weighted by atomic mass is 14.6. The summed E-state index contributed by atoms with van der Waals surface area (Å²) in [4.78, 5) is 0. The largest absolute Gasteiger partial charge is 0.399 e. The predicted octanol–water partition coefficient (Wildman–Crippen LogP) is 1.43. The number of rotatable bonds is 0. The summed E-state index contributed by atoms with van der Waals surface area (Å²) in [6.45, 7) is 4.21. The van der Waals surface area contributed by atoms with Gasteiger partial charge in [-0.3, -0.25) is 0 Å². The summed E-state index contributed by atoms with van der Waals surface area (Å²) in [6.07, 6.45) is 4.09. The first kappa shape index (κ1) is 5.42. The Morgan fingerprint density at radius 1 is 1.62 bits per heavy atom. The van der Waals surface area contributed by atoms with Gasteiger partial charge in [0.2, 0.25) is 0 Å². The summed E-state index contributed by atoms with van der Waals surface area (Å²) < 4.78 is 0. The van der Waals surface area contributed by atoms with Gasteiger partial charge in [0.15, 0.2) is 0 Å². The van der Waals surface area contributed by atoms with Crippen molar-refractivity contribution in [1.82, 2.24) is 0 Å². The van der Waals surface area contributed by atoms with Gasteiger partial charge in [-0.1, -0.05) is 13.0 Å². The molecule has 1 aliphatic carbocycles. The van der Waals surface area contributed by atoms with E-state index in [0.717, 1.165) is 5.70 Å². The van der Waals surface area contributed by atoms with Gasteiger partial charge in [-0.05, 0) is 24.5 Å². The molecule has 0 radical (unpaired) electrons. The third-order valence-electron chi connectivity index (χ3n) is 1.70. The highest BCUT2D eigenvalue weighted by Crippen LogP contribution is 2.20. The van der Waals surface area contributed by atoms with E-state index in [9.17, 15) is 0 Å². The first-order valence-corrected chi connectivity index (χ1v) is 2.86. The van der Waals surface area contributed by atoms with E-state index >= 15 is 0 Å². The SMILES string of the molecule is CC1=C(N)C=CC1C. The van der Waals surface area contributed by atoms with Crippen LogP contribution in [0.1, 0.15) is 13.8 Å². The molecule has 1 heteroatoms. The molecule has 0 spiro atoms. The molecule has 0 heterocycles. The highest BCUT2D eigenvalue weighted by Gasteiger charge is 2.07. The molecule has 0 fully saturated rings. The molecule has 1 nitrogen and oxygen atoms in total. The van der Waals surface area contributed by atoms with Gasteiger partial charge in [0.25, 0.3) is 0 Å². The summed E-state index contributed by atoms with van der Waals surface area (Å²) in [7, 11) is 0. The normalized spacial score (nSPS) is 27.5. The van der Waals surface area contributed by atoms with Crippen LogP contribution < -0.4 is 5.73 Å². The first-order valence-electron chi connectivity index (χ1n) is 2.86. The molecular weight excluding hydrogens is 98.1 g/mol. The zero-order valence-corrected chi connectivity index (χ0v) is 5.31. The third kappa shape index (κ3) is 0.641. The van der Waals surface area contributed by atoms with E-state index in [1.807, 2.05) is 6.08 Å². The quantitative estimate of drug-likeness (QED) is 0.500. The molecular formula is C7H11N. The molecule has 0 aliphatic heterocycles. The first-order chi connectivity index (χ1) is 3.72. The lowest BCUT2D eigenvalue weighted by Gasteiger charge is -1.99. The Hall–Kier alpha value is -0.720. The molecule has 44 valence electrons. The molecule has 1 rings (SSSR count). The van der Waals surface area contributed by atoms with Gasteiger partial charge >= 0.3 is 0 Å². The van der Waals surface area contributed by atoms with Crippen molar-refractivity contribution in [2.75, 3.05) is 0 Å². The van der Waals surface area contributed by atoms with E-state index in [2.05, 4.69) is 19.9 Å². The molecule has 0 saturated carbocycles. The van der Waals surface area contributed by atoms with E-state index in [4.69, 9.17) is 5.73 Å². The van der Waals surface area contributed by atoms with Gasteiger partial charge in [-0.15, -0.1) is 0 Å². The van der Waals surface area contributed by atoms with E-state index in [0.29, 0.717) is 5.92 Å². The van der Waals surface area contributed by atoms with Crippen molar-refractivity contribution in [3.05, 3.63) is 23.4 Å². The van der Waals surface area contributed by atoms with Crippen LogP contribution in [-0.2, 0) is 0 Å². The Labute approximate surface area is 49.9 Å². The maximum atomic E-state index is 5.56. The maximum Gasteiger partial charge on any atom is 0.0305 e. The van der Waals surface area contributed by atoms with Crippen LogP contribution in [0.15, 0.2) is 23.4 Å². The zero-order valence-electron chi connectivity index (χ0n) is 5.31. The Kier molecular flexibility index (Phi) is 1.12. The Balaban J connectivity index is 2.85. The van der Waals surface area contributed by atoms with Gasteiger partial charge in [-0.25, -0.2) is 0 Å². The molecule has 1 aliphatic rings. The van der Waals surface area contributed by atoms with Crippen LogP contribution in [0.2, 0.25) is 0 Å². The van der Waals surface area contributed by atoms with Crippen molar-refractivity contribution in [2.24, 2.45) is 11.7 Å². The lowest BCUT2D eigenvalue weighted by Crippen LogP contribution is -1.95. The maximum absolute atomic E-state index is 5.56. The minimum atomic E-state index is 0.565. The Morgan fingerprint density at radius 3 is 2.38 bits per heavy atom. The summed E-state index contributed by atoms with van der Waals surface area (Å²) in [6, 6.07) is 0. The third-order valence-corrected chi connectivity index (χ3v) is 1.70. The Morgan fingerprint density at radius 2 is 2.25 bits per heavy atom. The summed E-state index contributed by atoms with van der Waals surface area (Å²) >= 11 is 0. The van der Waals surface area contributed by atoms with Crippen molar-refractivity contribution >= 4 is 0 Å². The molecule has 0 aromatic rings. The van der Waals surface area contributed by atoms with Gasteiger partial charge < -0.3 is 5.73 Å². The second-order valence-corrected chi connectivity index (χ2v) is 2.29. The summed E-state index contributed by atoms with van der Waals surface area (Å²) in [5.74, 6) is 0.565. The van der Waals surface area contributed by atoms with Crippen LogP contribution in [-0.4, -0.2) is 0 Å². The van der Waals surface area contributed by atoms with Crippen molar-refractivity contribution in [3.8, 4) is 0 Å². The number of allylic oxidation sites excluding steroid dienone is 3. The van der Waals surface area contributed by atoms with Gasteiger partial charge in [0.1, 0.15) is 0 Å². The van der Waals surface area contributed by atoms with Crippen molar-refractivity contribution in [1.29, 1.82) is 0 Å². The minimum absolute atomic E-state index is 0.565. The van der Waals surface area contributed by atoms with E-state index in [1.165, 1.54) is 5.57 Å². The predicted molar refractivity (Wildman–Crippen MR) is 35.2 cm³/mol. The topological polar surface area (TPSA) is 26.0 Å². The van der Waals surface area contributed by atoms with Gasteiger partial charge in [0.05, 0.1) is 0 Å². The molecule has 1 atom stereocenters. The highest BCUT2D eigenvalue weighted by molar-refractivity contribution is 5.32. The van der Waals surface area contributed by atoms with E-state index in [1.54, 1.807) is 0 Å². The zero-order chi connectivity index (χ0) is 6.15. The second kappa shape index (κ2) is 1.66. The van der Waals surface area contributed by atoms with Crippen LogP contribution in [0.25, 0.3) is 0 Å². The van der Waals surface area contributed by atoms with Crippen LogP contribution in [0.5, 0.6) is 0 Å². The fraction of sp³-hybridized carbons (Fsp3) is 0.429. The second-order valence-electron chi connectivity index (χ2n) is 2.29. The summed E-state index contributed by atoms with van der Waals surface area (Å²) in [5.41, 5.74) is 7.80.